The average molecular weight is 394 g/mol. The summed E-state index contributed by atoms with van der Waals surface area (Å²) in [6.07, 6.45) is 1.44. The highest BCUT2D eigenvalue weighted by Gasteiger charge is 2.10. The smallest absolute Gasteiger partial charge is 0.341 e. The fraction of sp³-hybridized carbons (Fsp3) is 0.100. The van der Waals surface area contributed by atoms with E-state index in [1.807, 2.05) is 0 Å². The van der Waals surface area contributed by atoms with Gasteiger partial charge in [0.05, 0.1) is 15.2 Å². The summed E-state index contributed by atoms with van der Waals surface area (Å²) in [5.41, 5.74) is 11.0. The van der Waals surface area contributed by atoms with E-state index in [1.165, 1.54) is 6.21 Å². The van der Waals surface area contributed by atoms with E-state index in [9.17, 15) is 4.79 Å². The molecule has 1 aromatic rings. The molecule has 0 radical (unpaired) electrons. The number of halogens is 2. The Morgan fingerprint density at radius 1 is 1.37 bits per heavy atom. The Kier molecular flexibility index (Phi) is 5.77. The summed E-state index contributed by atoms with van der Waals surface area (Å²) in [5, 5.41) is 15.7. The Hall–Kier alpha value is -1.61. The molecule has 9 heteroatoms. The largest absolute Gasteiger partial charge is 0.480 e. The lowest BCUT2D eigenvalue weighted by Gasteiger charge is -2.09. The van der Waals surface area contributed by atoms with Crippen LogP contribution in [0.25, 0.3) is 0 Å². The molecule has 5 N–H and O–H groups in total. The van der Waals surface area contributed by atoms with E-state index in [0.717, 1.165) is 0 Å². The van der Waals surface area contributed by atoms with E-state index in [1.54, 1.807) is 12.1 Å². The summed E-state index contributed by atoms with van der Waals surface area (Å²) in [4.78, 5) is 10.5. The molecule has 0 aliphatic carbocycles. The Labute approximate surface area is 125 Å². The maximum atomic E-state index is 10.5. The maximum Gasteiger partial charge on any atom is 0.341 e. The number of benzene rings is 1. The summed E-state index contributed by atoms with van der Waals surface area (Å²) in [6.45, 7) is -0.432. The van der Waals surface area contributed by atoms with Crippen molar-refractivity contribution in [3.63, 3.8) is 0 Å². The van der Waals surface area contributed by atoms with Crippen molar-refractivity contribution in [2.45, 2.75) is 0 Å². The van der Waals surface area contributed by atoms with Crippen LogP contribution in [0.2, 0.25) is 0 Å². The average Bonchev–Trinajstić information content (AvgIpc) is 2.26. The van der Waals surface area contributed by atoms with Crippen LogP contribution in [-0.2, 0) is 4.79 Å². The number of nitrogens with zero attached hydrogens (tertiary/aromatic N) is 2. The van der Waals surface area contributed by atoms with Crippen molar-refractivity contribution in [3.8, 4) is 5.75 Å². The lowest BCUT2D eigenvalue weighted by molar-refractivity contribution is -0.139. The Balaban J connectivity index is 2.93. The van der Waals surface area contributed by atoms with Gasteiger partial charge in [0, 0.05) is 0 Å². The second kappa shape index (κ2) is 7.10. The molecule has 0 atom stereocenters. The maximum absolute atomic E-state index is 10.5. The molecule has 0 unspecified atom stereocenters. The zero-order chi connectivity index (χ0) is 14.4. The van der Waals surface area contributed by atoms with Crippen LogP contribution < -0.4 is 16.2 Å². The van der Waals surface area contributed by atoms with Crippen LogP contribution in [0.4, 0.5) is 0 Å². The highest BCUT2D eigenvalue weighted by molar-refractivity contribution is 9.11. The number of carbonyl (C=O) groups is 1. The van der Waals surface area contributed by atoms with E-state index >= 15 is 0 Å². The number of ether oxygens (including phenoxy) is 1. The predicted octanol–water partition coefficient (Wildman–Crippen LogP) is 1.28. The van der Waals surface area contributed by atoms with Gasteiger partial charge in [-0.05, 0) is 49.6 Å². The van der Waals surface area contributed by atoms with Gasteiger partial charge in [-0.25, -0.2) is 4.79 Å². The zero-order valence-electron chi connectivity index (χ0n) is 9.51. The molecule has 102 valence electrons. The van der Waals surface area contributed by atoms with E-state index in [2.05, 4.69) is 42.1 Å². The second-order valence-corrected chi connectivity index (χ2v) is 4.97. The number of aliphatic carboxylic acids is 1. The first-order valence-corrected chi connectivity index (χ1v) is 6.44. The van der Waals surface area contributed by atoms with Crippen molar-refractivity contribution in [1.82, 2.24) is 0 Å². The standard InChI is InChI=1S/C10H10Br2N4O3/c11-6-1-5(3-15-16-10(13)14)2-7(12)9(6)19-4-8(17)18/h1-3H,4H2,(H,17,18)(H4,13,14,16). The zero-order valence-corrected chi connectivity index (χ0v) is 12.7. The first-order chi connectivity index (χ1) is 8.90. The van der Waals surface area contributed by atoms with Crippen molar-refractivity contribution in [3.05, 3.63) is 26.6 Å². The van der Waals surface area contributed by atoms with Gasteiger partial charge in [0.25, 0.3) is 0 Å². The number of carboxylic acids is 1. The number of nitrogens with two attached hydrogens (primary N) is 2. The second-order valence-electron chi connectivity index (χ2n) is 3.27. The fourth-order valence-electron chi connectivity index (χ4n) is 1.09. The highest BCUT2D eigenvalue weighted by Crippen LogP contribution is 2.34. The molecule has 0 amide bonds. The Morgan fingerprint density at radius 3 is 2.42 bits per heavy atom. The van der Waals surface area contributed by atoms with Gasteiger partial charge in [-0.3, -0.25) is 0 Å². The van der Waals surface area contributed by atoms with E-state index in [0.29, 0.717) is 20.3 Å². The molecular weight excluding hydrogens is 384 g/mol. The first-order valence-electron chi connectivity index (χ1n) is 4.85. The Bertz CT molecular complexity index is 519. The molecule has 0 fully saturated rings. The summed E-state index contributed by atoms with van der Waals surface area (Å²) in [7, 11) is 0. The van der Waals surface area contributed by atoms with Crippen molar-refractivity contribution in [2.75, 3.05) is 6.61 Å². The molecule has 19 heavy (non-hydrogen) atoms. The monoisotopic (exact) mass is 392 g/mol. The highest BCUT2D eigenvalue weighted by atomic mass is 79.9. The van der Waals surface area contributed by atoms with Gasteiger partial charge in [-0.2, -0.15) is 5.10 Å². The number of hydrogen-bond donors (Lipinski definition) is 3. The Morgan fingerprint density at radius 2 is 1.95 bits per heavy atom. The van der Waals surface area contributed by atoms with Gasteiger partial charge in [-0.15, -0.1) is 5.10 Å². The molecule has 0 spiro atoms. The van der Waals surface area contributed by atoms with E-state index in [4.69, 9.17) is 21.3 Å². The van der Waals surface area contributed by atoms with Gasteiger partial charge in [-0.1, -0.05) is 0 Å². The summed E-state index contributed by atoms with van der Waals surface area (Å²) in [6, 6.07) is 3.38. The number of guanidine groups is 1. The van der Waals surface area contributed by atoms with Crippen LogP contribution in [0.1, 0.15) is 5.56 Å². The normalized spacial score (nSPS) is 10.4. The summed E-state index contributed by atoms with van der Waals surface area (Å²) >= 11 is 6.55. The molecule has 0 aliphatic heterocycles. The van der Waals surface area contributed by atoms with Crippen LogP contribution in [0.3, 0.4) is 0 Å². The summed E-state index contributed by atoms with van der Waals surface area (Å²) < 4.78 is 6.28. The van der Waals surface area contributed by atoms with Gasteiger partial charge in [0.15, 0.2) is 6.61 Å². The minimum Gasteiger partial charge on any atom is -0.480 e. The molecule has 0 heterocycles. The molecule has 0 bridgehead atoms. The van der Waals surface area contributed by atoms with Gasteiger partial charge >= 0.3 is 5.97 Å². The molecule has 7 nitrogen and oxygen atoms in total. The van der Waals surface area contributed by atoms with E-state index in [-0.39, 0.29) is 5.96 Å². The van der Waals surface area contributed by atoms with Gasteiger partial charge in [0.1, 0.15) is 5.75 Å². The third-order valence-electron chi connectivity index (χ3n) is 1.74. The van der Waals surface area contributed by atoms with Gasteiger partial charge < -0.3 is 21.3 Å². The number of rotatable bonds is 5. The third kappa shape index (κ3) is 5.26. The minimum absolute atomic E-state index is 0.143. The van der Waals surface area contributed by atoms with Crippen molar-refractivity contribution < 1.29 is 14.6 Å². The molecule has 0 saturated carbocycles. The quantitative estimate of drug-likeness (QED) is 0.395. The molecule has 1 rings (SSSR count). The number of hydrogen-bond acceptors (Lipinski definition) is 4. The van der Waals surface area contributed by atoms with E-state index < -0.39 is 12.6 Å². The van der Waals surface area contributed by atoms with Crippen LogP contribution in [-0.4, -0.2) is 29.9 Å². The molecule has 0 aromatic heterocycles. The number of carboxylic acid groups (broad SMARTS) is 1. The summed E-state index contributed by atoms with van der Waals surface area (Å²) in [5.74, 6) is -0.811. The topological polar surface area (TPSA) is 123 Å². The van der Waals surface area contributed by atoms with Crippen LogP contribution in [0.15, 0.2) is 31.3 Å². The van der Waals surface area contributed by atoms with Crippen molar-refractivity contribution >= 4 is 50.0 Å². The lowest BCUT2D eigenvalue weighted by atomic mass is 10.2. The molecule has 1 aromatic carbocycles. The third-order valence-corrected chi connectivity index (χ3v) is 2.92. The fourth-order valence-corrected chi connectivity index (χ4v) is 2.54. The van der Waals surface area contributed by atoms with Crippen molar-refractivity contribution in [2.24, 2.45) is 21.7 Å². The van der Waals surface area contributed by atoms with Crippen LogP contribution in [0.5, 0.6) is 5.75 Å². The molecule has 0 aliphatic rings. The molecule has 0 saturated heterocycles. The SMILES string of the molecule is NC(N)=NN=Cc1cc(Br)c(OCC(=O)O)c(Br)c1. The van der Waals surface area contributed by atoms with Crippen molar-refractivity contribution in [1.29, 1.82) is 0 Å². The molecular formula is C10H10Br2N4O3. The minimum atomic E-state index is -1.06. The van der Waals surface area contributed by atoms with Crippen LogP contribution >= 0.6 is 31.9 Å². The first kappa shape index (κ1) is 15.4. The lowest BCUT2D eigenvalue weighted by Crippen LogP contribution is -2.21. The van der Waals surface area contributed by atoms with Crippen LogP contribution in [0, 0.1) is 0 Å². The predicted molar refractivity (Wildman–Crippen MR) is 78.4 cm³/mol. The van der Waals surface area contributed by atoms with Gasteiger partial charge in [0.2, 0.25) is 5.96 Å².